The van der Waals surface area contributed by atoms with Crippen LogP contribution in [0.5, 0.6) is 5.75 Å². The predicted octanol–water partition coefficient (Wildman–Crippen LogP) is 2.97. The SMILES string of the molecule is COC[C@@]12CN(C(=O)c3cc(OC)ccc3F)C[C@@H]1C(C)(C)C2. The van der Waals surface area contributed by atoms with Crippen molar-refractivity contribution in [2.75, 3.05) is 33.9 Å². The Balaban J connectivity index is 1.85. The maximum atomic E-state index is 14.1. The molecule has 2 fully saturated rings. The normalized spacial score (nSPS) is 28.2. The van der Waals surface area contributed by atoms with Crippen LogP contribution in [-0.4, -0.2) is 44.7 Å². The molecule has 0 spiro atoms. The third-order valence-electron chi connectivity index (χ3n) is 5.52. The number of benzene rings is 1. The first kappa shape index (κ1) is 16.2. The second-order valence-electron chi connectivity index (χ2n) is 7.54. The molecule has 0 aromatic heterocycles. The van der Waals surface area contributed by atoms with Crippen LogP contribution in [0.4, 0.5) is 4.39 Å². The molecule has 1 saturated heterocycles. The molecule has 0 N–H and O–H groups in total. The van der Waals surface area contributed by atoms with Gasteiger partial charge in [0, 0.05) is 25.6 Å². The highest BCUT2D eigenvalue weighted by Crippen LogP contribution is 2.62. The molecule has 0 unspecified atom stereocenters. The Morgan fingerprint density at radius 3 is 2.74 bits per heavy atom. The summed E-state index contributed by atoms with van der Waals surface area (Å²) in [6, 6.07) is 4.28. The lowest BCUT2D eigenvalue weighted by atomic mass is 9.48. The van der Waals surface area contributed by atoms with Gasteiger partial charge in [-0.15, -0.1) is 0 Å². The van der Waals surface area contributed by atoms with Crippen LogP contribution in [0.2, 0.25) is 0 Å². The number of halogens is 1. The van der Waals surface area contributed by atoms with Gasteiger partial charge in [0.2, 0.25) is 0 Å². The fourth-order valence-electron chi connectivity index (χ4n) is 4.73. The molecule has 2 aliphatic rings. The van der Waals surface area contributed by atoms with Gasteiger partial charge in [0.05, 0.1) is 19.3 Å². The van der Waals surface area contributed by atoms with E-state index in [1.165, 1.54) is 25.3 Å². The summed E-state index contributed by atoms with van der Waals surface area (Å²) in [6.07, 6.45) is 1.03. The monoisotopic (exact) mass is 321 g/mol. The number of hydrogen-bond acceptors (Lipinski definition) is 3. The molecule has 23 heavy (non-hydrogen) atoms. The molecule has 2 atom stereocenters. The van der Waals surface area contributed by atoms with E-state index in [1.54, 1.807) is 12.0 Å². The number of carbonyl (C=O) groups is 1. The van der Waals surface area contributed by atoms with Crippen LogP contribution in [0.25, 0.3) is 0 Å². The molecule has 1 heterocycles. The quantitative estimate of drug-likeness (QED) is 0.856. The minimum absolute atomic E-state index is 0.0171. The van der Waals surface area contributed by atoms with Crippen LogP contribution >= 0.6 is 0 Å². The number of nitrogens with zero attached hydrogens (tertiary/aromatic N) is 1. The van der Waals surface area contributed by atoms with E-state index in [-0.39, 0.29) is 22.3 Å². The average molecular weight is 321 g/mol. The van der Waals surface area contributed by atoms with Gasteiger partial charge in [-0.05, 0) is 36.0 Å². The molecule has 1 aliphatic heterocycles. The number of hydrogen-bond donors (Lipinski definition) is 0. The van der Waals surface area contributed by atoms with Crippen molar-refractivity contribution in [3.05, 3.63) is 29.6 Å². The third kappa shape index (κ3) is 2.51. The lowest BCUT2D eigenvalue weighted by molar-refractivity contribution is -0.107. The molecule has 3 rings (SSSR count). The summed E-state index contributed by atoms with van der Waals surface area (Å²) in [5, 5.41) is 0. The van der Waals surface area contributed by atoms with Gasteiger partial charge in [-0.25, -0.2) is 4.39 Å². The molecular weight excluding hydrogens is 297 g/mol. The van der Waals surface area contributed by atoms with E-state index in [4.69, 9.17) is 9.47 Å². The smallest absolute Gasteiger partial charge is 0.256 e. The van der Waals surface area contributed by atoms with E-state index in [2.05, 4.69) is 13.8 Å². The highest BCUT2D eigenvalue weighted by Gasteiger charge is 2.63. The Morgan fingerprint density at radius 1 is 1.39 bits per heavy atom. The summed E-state index contributed by atoms with van der Waals surface area (Å²) in [7, 11) is 3.21. The molecule has 1 aromatic rings. The predicted molar refractivity (Wildman–Crippen MR) is 85.1 cm³/mol. The van der Waals surface area contributed by atoms with Crippen molar-refractivity contribution in [1.82, 2.24) is 4.90 Å². The summed E-state index contributed by atoms with van der Waals surface area (Å²) in [6.45, 7) is 6.39. The number of rotatable bonds is 4. The first-order valence-corrected chi connectivity index (χ1v) is 7.95. The van der Waals surface area contributed by atoms with Crippen molar-refractivity contribution in [1.29, 1.82) is 0 Å². The lowest BCUT2D eigenvalue weighted by Crippen LogP contribution is -2.55. The van der Waals surface area contributed by atoms with Crippen molar-refractivity contribution in [2.45, 2.75) is 20.3 Å². The number of carbonyl (C=O) groups excluding carboxylic acids is 1. The van der Waals surface area contributed by atoms with Crippen molar-refractivity contribution in [3.8, 4) is 5.75 Å². The van der Waals surface area contributed by atoms with E-state index in [9.17, 15) is 9.18 Å². The van der Waals surface area contributed by atoms with Gasteiger partial charge in [-0.1, -0.05) is 13.8 Å². The van der Waals surface area contributed by atoms with Crippen molar-refractivity contribution in [3.63, 3.8) is 0 Å². The fourth-order valence-corrected chi connectivity index (χ4v) is 4.73. The van der Waals surface area contributed by atoms with Gasteiger partial charge in [0.15, 0.2) is 0 Å². The van der Waals surface area contributed by atoms with Crippen molar-refractivity contribution >= 4 is 5.91 Å². The summed E-state index contributed by atoms with van der Waals surface area (Å²) < 4.78 is 24.6. The van der Waals surface area contributed by atoms with E-state index >= 15 is 0 Å². The molecule has 1 amide bonds. The first-order chi connectivity index (χ1) is 10.8. The molecular formula is C18H24FNO3. The van der Waals surface area contributed by atoms with Gasteiger partial charge in [-0.3, -0.25) is 4.79 Å². The van der Waals surface area contributed by atoms with Crippen LogP contribution in [0, 0.1) is 22.6 Å². The van der Waals surface area contributed by atoms with Crippen molar-refractivity contribution in [2.24, 2.45) is 16.7 Å². The minimum atomic E-state index is -0.505. The number of likely N-dealkylation sites (tertiary alicyclic amines) is 1. The molecule has 1 saturated carbocycles. The second-order valence-corrected chi connectivity index (χ2v) is 7.54. The molecule has 126 valence electrons. The molecule has 0 radical (unpaired) electrons. The zero-order valence-corrected chi connectivity index (χ0v) is 14.2. The van der Waals surface area contributed by atoms with Gasteiger partial charge < -0.3 is 14.4 Å². The molecule has 1 aromatic carbocycles. The number of amides is 1. The standard InChI is InChI=1S/C18H24FNO3/c1-17(2)9-18(11-22-3)10-20(8-15(17)18)16(21)13-7-12(23-4)5-6-14(13)19/h5-7,15H,8-11H2,1-4H3/t15-,18-/m1/s1. The van der Waals surface area contributed by atoms with Crippen LogP contribution in [-0.2, 0) is 4.74 Å². The summed E-state index contributed by atoms with van der Waals surface area (Å²) in [5.41, 5.74) is 0.292. The average Bonchev–Trinajstić information content (AvgIpc) is 2.82. The van der Waals surface area contributed by atoms with E-state index in [0.29, 0.717) is 31.4 Å². The highest BCUT2D eigenvalue weighted by atomic mass is 19.1. The Hall–Kier alpha value is -1.62. The van der Waals surface area contributed by atoms with E-state index < -0.39 is 5.82 Å². The van der Waals surface area contributed by atoms with Gasteiger partial charge in [0.1, 0.15) is 11.6 Å². The van der Waals surface area contributed by atoms with E-state index in [0.717, 1.165) is 6.42 Å². The molecule has 0 bridgehead atoms. The van der Waals surface area contributed by atoms with Crippen LogP contribution in [0.15, 0.2) is 18.2 Å². The van der Waals surface area contributed by atoms with Crippen LogP contribution in [0.1, 0.15) is 30.6 Å². The molecule has 1 aliphatic carbocycles. The van der Waals surface area contributed by atoms with Crippen LogP contribution < -0.4 is 4.74 Å². The Labute approximate surface area is 136 Å². The Kier molecular flexibility index (Phi) is 3.87. The Morgan fingerprint density at radius 2 is 2.13 bits per heavy atom. The maximum absolute atomic E-state index is 14.1. The summed E-state index contributed by atoms with van der Waals surface area (Å²) in [4.78, 5) is 14.6. The van der Waals surface area contributed by atoms with Crippen molar-refractivity contribution < 1.29 is 18.7 Å². The lowest BCUT2D eigenvalue weighted by Gasteiger charge is -2.56. The second kappa shape index (κ2) is 5.48. The fraction of sp³-hybridized carbons (Fsp3) is 0.611. The van der Waals surface area contributed by atoms with Crippen LogP contribution in [0.3, 0.4) is 0 Å². The highest BCUT2D eigenvalue weighted by molar-refractivity contribution is 5.95. The summed E-state index contributed by atoms with van der Waals surface area (Å²) >= 11 is 0. The Bertz CT molecular complexity index is 631. The zero-order valence-electron chi connectivity index (χ0n) is 14.2. The van der Waals surface area contributed by atoms with Gasteiger partial charge in [-0.2, -0.15) is 0 Å². The minimum Gasteiger partial charge on any atom is -0.497 e. The van der Waals surface area contributed by atoms with Gasteiger partial charge >= 0.3 is 0 Å². The largest absolute Gasteiger partial charge is 0.497 e. The first-order valence-electron chi connectivity index (χ1n) is 7.95. The topological polar surface area (TPSA) is 38.8 Å². The van der Waals surface area contributed by atoms with E-state index in [1.807, 2.05) is 0 Å². The number of ether oxygens (including phenoxy) is 2. The zero-order chi connectivity index (χ0) is 16.8. The third-order valence-corrected chi connectivity index (χ3v) is 5.52. The maximum Gasteiger partial charge on any atom is 0.256 e. The number of methoxy groups -OCH3 is 2. The molecule has 4 nitrogen and oxygen atoms in total. The summed E-state index contributed by atoms with van der Waals surface area (Å²) in [5.74, 6) is 0.119. The number of fused-ring (bicyclic) bond motifs is 1. The van der Waals surface area contributed by atoms with Gasteiger partial charge in [0.25, 0.3) is 5.91 Å². The molecule has 5 heteroatoms.